The van der Waals surface area contributed by atoms with Crippen molar-refractivity contribution in [3.8, 4) is 16.9 Å². The van der Waals surface area contributed by atoms with Crippen molar-refractivity contribution in [3.63, 3.8) is 0 Å². The molecule has 134 valence electrons. The van der Waals surface area contributed by atoms with Crippen LogP contribution in [-0.2, 0) is 16.6 Å². The van der Waals surface area contributed by atoms with Gasteiger partial charge in [-0.05, 0) is 42.3 Å². The molecule has 0 saturated carbocycles. The molecule has 0 aliphatic carbocycles. The lowest BCUT2D eigenvalue weighted by Gasteiger charge is -2.12. The van der Waals surface area contributed by atoms with Crippen LogP contribution in [-0.4, -0.2) is 25.5 Å². The summed E-state index contributed by atoms with van der Waals surface area (Å²) in [5.41, 5.74) is 3.39. The van der Waals surface area contributed by atoms with E-state index in [0.29, 0.717) is 5.75 Å². The van der Waals surface area contributed by atoms with Gasteiger partial charge in [0, 0.05) is 42.5 Å². The van der Waals surface area contributed by atoms with Gasteiger partial charge in [0.15, 0.2) is 0 Å². The summed E-state index contributed by atoms with van der Waals surface area (Å²) in [5.74, 6) is 0.310. The number of methoxy groups -OCH3 is 1. The smallest absolute Gasteiger partial charge is 0.244 e. The first-order chi connectivity index (χ1) is 12.5. The van der Waals surface area contributed by atoms with E-state index in [1.807, 2.05) is 25.1 Å². The average Bonchev–Trinajstić information content (AvgIpc) is 2.67. The molecule has 2 heterocycles. The molecule has 3 rings (SSSR count). The summed E-state index contributed by atoms with van der Waals surface area (Å²) < 4.78 is 33.1. The van der Waals surface area contributed by atoms with Gasteiger partial charge < -0.3 is 4.74 Å². The molecule has 1 aromatic carbocycles. The fourth-order valence-corrected chi connectivity index (χ4v) is 3.80. The zero-order valence-corrected chi connectivity index (χ0v) is 15.3. The van der Waals surface area contributed by atoms with Crippen LogP contribution in [0.25, 0.3) is 11.1 Å². The predicted octanol–water partition coefficient (Wildman–Crippen LogP) is 2.94. The second-order valence-electron chi connectivity index (χ2n) is 5.80. The molecule has 0 radical (unpaired) electrons. The molecule has 2 aromatic heterocycles. The molecular formula is C19H19N3O3S. The molecule has 0 atom stereocenters. The number of hydrogen-bond donors (Lipinski definition) is 1. The lowest BCUT2D eigenvalue weighted by molar-refractivity contribution is 0.402. The molecule has 0 aliphatic rings. The van der Waals surface area contributed by atoms with E-state index in [1.165, 1.54) is 7.11 Å². The van der Waals surface area contributed by atoms with E-state index in [2.05, 4.69) is 14.7 Å². The third-order valence-electron chi connectivity index (χ3n) is 3.86. The van der Waals surface area contributed by atoms with E-state index in [1.54, 1.807) is 43.0 Å². The number of pyridine rings is 2. The van der Waals surface area contributed by atoms with Gasteiger partial charge in [0.25, 0.3) is 0 Å². The van der Waals surface area contributed by atoms with Crippen molar-refractivity contribution in [2.75, 3.05) is 7.11 Å². The summed E-state index contributed by atoms with van der Waals surface area (Å²) >= 11 is 0. The Morgan fingerprint density at radius 3 is 2.58 bits per heavy atom. The highest BCUT2D eigenvalue weighted by Crippen LogP contribution is 2.25. The number of aryl methyl sites for hydroxylation is 1. The fraction of sp³-hybridized carbons (Fsp3) is 0.158. The zero-order valence-electron chi connectivity index (χ0n) is 14.5. The molecule has 0 spiro atoms. The topological polar surface area (TPSA) is 81.2 Å². The highest BCUT2D eigenvalue weighted by Gasteiger charge is 2.19. The normalized spacial score (nSPS) is 11.3. The zero-order chi connectivity index (χ0) is 18.6. The Morgan fingerprint density at radius 2 is 1.85 bits per heavy atom. The van der Waals surface area contributed by atoms with Crippen molar-refractivity contribution in [1.82, 2.24) is 14.7 Å². The number of sulfonamides is 1. The van der Waals surface area contributed by atoms with Crippen molar-refractivity contribution in [2.24, 2.45) is 0 Å². The predicted molar refractivity (Wildman–Crippen MR) is 99.2 cm³/mol. The second kappa shape index (κ2) is 7.63. The quantitative estimate of drug-likeness (QED) is 0.722. The van der Waals surface area contributed by atoms with Crippen LogP contribution < -0.4 is 9.46 Å². The van der Waals surface area contributed by atoms with E-state index in [9.17, 15) is 8.42 Å². The SMILES string of the molecule is COc1ccc(C)cc1S(=O)(=O)NCc1cncc(-c2cccnc2)c1. The number of rotatable bonds is 6. The molecule has 26 heavy (non-hydrogen) atoms. The first-order valence-corrected chi connectivity index (χ1v) is 9.46. The minimum atomic E-state index is -3.72. The summed E-state index contributed by atoms with van der Waals surface area (Å²) in [6.07, 6.45) is 6.79. The Labute approximate surface area is 153 Å². The van der Waals surface area contributed by atoms with E-state index in [4.69, 9.17) is 4.74 Å². The van der Waals surface area contributed by atoms with Crippen LogP contribution in [0.2, 0.25) is 0 Å². The molecule has 0 unspecified atom stereocenters. The number of ether oxygens (including phenoxy) is 1. The van der Waals surface area contributed by atoms with Gasteiger partial charge in [0.1, 0.15) is 10.6 Å². The van der Waals surface area contributed by atoms with Crippen LogP contribution in [0.1, 0.15) is 11.1 Å². The average molecular weight is 369 g/mol. The van der Waals surface area contributed by atoms with Crippen molar-refractivity contribution in [1.29, 1.82) is 0 Å². The summed E-state index contributed by atoms with van der Waals surface area (Å²) in [4.78, 5) is 8.41. The molecule has 0 saturated heterocycles. The van der Waals surface area contributed by atoms with E-state index >= 15 is 0 Å². The molecule has 0 bridgehead atoms. The highest BCUT2D eigenvalue weighted by atomic mass is 32.2. The standard InChI is InChI=1S/C19H19N3O3S/c1-14-5-6-18(25-2)19(8-14)26(23,24)22-11-15-9-17(13-21-10-15)16-4-3-7-20-12-16/h3-10,12-13,22H,11H2,1-2H3. The van der Waals surface area contributed by atoms with E-state index in [0.717, 1.165) is 22.3 Å². The van der Waals surface area contributed by atoms with Gasteiger partial charge in [0.05, 0.1) is 7.11 Å². The third-order valence-corrected chi connectivity index (χ3v) is 5.29. The second-order valence-corrected chi connectivity index (χ2v) is 7.54. The maximum atomic E-state index is 12.7. The van der Waals surface area contributed by atoms with Gasteiger partial charge in [-0.1, -0.05) is 12.1 Å². The Hall–Kier alpha value is -2.77. The lowest BCUT2D eigenvalue weighted by Crippen LogP contribution is -2.24. The van der Waals surface area contributed by atoms with E-state index < -0.39 is 10.0 Å². The molecule has 0 aliphatic heterocycles. The Kier molecular flexibility index (Phi) is 5.29. The number of nitrogens with one attached hydrogen (secondary N) is 1. The van der Waals surface area contributed by atoms with Gasteiger partial charge in [-0.3, -0.25) is 9.97 Å². The Morgan fingerprint density at radius 1 is 1.04 bits per heavy atom. The van der Waals surface area contributed by atoms with Crippen LogP contribution in [0.3, 0.4) is 0 Å². The summed E-state index contributed by atoms with van der Waals surface area (Å²) in [7, 11) is -2.27. The molecule has 0 fully saturated rings. The number of aromatic nitrogens is 2. The van der Waals surface area contributed by atoms with Crippen molar-refractivity contribution >= 4 is 10.0 Å². The Balaban J connectivity index is 1.82. The minimum absolute atomic E-state index is 0.122. The van der Waals surface area contributed by atoms with Gasteiger partial charge in [0.2, 0.25) is 10.0 Å². The Bertz CT molecular complexity index is 1010. The molecule has 3 aromatic rings. The molecule has 7 heteroatoms. The van der Waals surface area contributed by atoms with Crippen LogP contribution in [0, 0.1) is 6.92 Å². The lowest BCUT2D eigenvalue weighted by atomic mass is 10.1. The number of benzene rings is 1. The monoisotopic (exact) mass is 369 g/mol. The van der Waals surface area contributed by atoms with Crippen LogP contribution in [0.15, 0.2) is 66.1 Å². The molecule has 6 nitrogen and oxygen atoms in total. The first-order valence-electron chi connectivity index (χ1n) is 7.98. The summed E-state index contributed by atoms with van der Waals surface area (Å²) in [6, 6.07) is 10.7. The van der Waals surface area contributed by atoms with Gasteiger partial charge >= 0.3 is 0 Å². The number of hydrogen-bond acceptors (Lipinski definition) is 5. The van der Waals surface area contributed by atoms with Gasteiger partial charge in [-0.25, -0.2) is 13.1 Å². The van der Waals surface area contributed by atoms with E-state index in [-0.39, 0.29) is 11.4 Å². The van der Waals surface area contributed by atoms with Crippen molar-refractivity contribution in [3.05, 3.63) is 72.3 Å². The largest absolute Gasteiger partial charge is 0.495 e. The molecule has 0 amide bonds. The summed E-state index contributed by atoms with van der Waals surface area (Å²) in [5, 5.41) is 0. The van der Waals surface area contributed by atoms with Gasteiger partial charge in [-0.15, -0.1) is 0 Å². The fourth-order valence-electron chi connectivity index (χ4n) is 2.53. The van der Waals surface area contributed by atoms with Crippen LogP contribution in [0.4, 0.5) is 0 Å². The summed E-state index contributed by atoms with van der Waals surface area (Å²) in [6.45, 7) is 1.96. The minimum Gasteiger partial charge on any atom is -0.495 e. The van der Waals surface area contributed by atoms with Gasteiger partial charge in [-0.2, -0.15) is 0 Å². The number of nitrogens with zero attached hydrogens (tertiary/aromatic N) is 2. The highest BCUT2D eigenvalue weighted by molar-refractivity contribution is 7.89. The maximum Gasteiger partial charge on any atom is 0.244 e. The van der Waals surface area contributed by atoms with Crippen LogP contribution >= 0.6 is 0 Å². The molecule has 1 N–H and O–H groups in total. The third kappa shape index (κ3) is 4.07. The first kappa shape index (κ1) is 18.0. The maximum absolute atomic E-state index is 12.7. The van der Waals surface area contributed by atoms with Crippen molar-refractivity contribution < 1.29 is 13.2 Å². The van der Waals surface area contributed by atoms with Crippen molar-refractivity contribution in [2.45, 2.75) is 18.4 Å². The van der Waals surface area contributed by atoms with Crippen LogP contribution in [0.5, 0.6) is 5.75 Å². The molecular weight excluding hydrogens is 350 g/mol.